The number of benzene rings is 1. The van der Waals surface area contributed by atoms with Gasteiger partial charge >= 0.3 is 0 Å². The summed E-state index contributed by atoms with van der Waals surface area (Å²) in [5.41, 5.74) is 1.28. The topological polar surface area (TPSA) is 95.9 Å². The van der Waals surface area contributed by atoms with E-state index in [4.69, 9.17) is 28.4 Å². The van der Waals surface area contributed by atoms with E-state index in [2.05, 4.69) is 0 Å². The molecule has 1 aliphatic carbocycles. The molecule has 5 atom stereocenters. The summed E-state index contributed by atoms with van der Waals surface area (Å²) in [6.07, 6.45) is 3.16. The SMILES string of the molecule is CC1(C)O[C@H]2[C@@H]([C@H]3COC(C)(C)O3)O[C@H](N(O)C=C3C=CC(OCc4ccccc4)=CC3=O)[C@H]2O1. The summed E-state index contributed by atoms with van der Waals surface area (Å²) in [5, 5.41) is 11.8. The van der Waals surface area contributed by atoms with Gasteiger partial charge in [0.15, 0.2) is 23.6 Å². The first-order valence-electron chi connectivity index (χ1n) is 11.7. The molecule has 0 unspecified atom stereocenters. The van der Waals surface area contributed by atoms with Crippen LogP contribution in [0.25, 0.3) is 0 Å². The van der Waals surface area contributed by atoms with Crippen LogP contribution in [0, 0.1) is 0 Å². The number of rotatable bonds is 6. The Bertz CT molecular complexity index is 1050. The average Bonchev–Trinajstić information content (AvgIpc) is 3.43. The Balaban J connectivity index is 1.27. The Morgan fingerprint density at radius 1 is 1.03 bits per heavy atom. The number of fused-ring (bicyclic) bond motifs is 1. The summed E-state index contributed by atoms with van der Waals surface area (Å²) in [6.45, 7) is 7.98. The molecule has 1 aromatic rings. The van der Waals surface area contributed by atoms with Gasteiger partial charge in [-0.1, -0.05) is 30.3 Å². The normalized spacial score (nSPS) is 34.2. The van der Waals surface area contributed by atoms with E-state index in [1.807, 2.05) is 58.0 Å². The summed E-state index contributed by atoms with van der Waals surface area (Å²) in [5.74, 6) is -1.43. The molecule has 9 nitrogen and oxygen atoms in total. The van der Waals surface area contributed by atoms with E-state index < -0.39 is 36.1 Å². The second-order valence-corrected chi connectivity index (χ2v) is 9.91. The van der Waals surface area contributed by atoms with Crippen LogP contribution in [0.3, 0.4) is 0 Å². The summed E-state index contributed by atoms with van der Waals surface area (Å²) < 4.78 is 35.7. The maximum atomic E-state index is 12.7. The van der Waals surface area contributed by atoms with E-state index in [0.717, 1.165) is 10.6 Å². The fourth-order valence-electron chi connectivity index (χ4n) is 4.67. The van der Waals surface area contributed by atoms with E-state index in [9.17, 15) is 10.0 Å². The summed E-state index contributed by atoms with van der Waals surface area (Å²) >= 11 is 0. The van der Waals surface area contributed by atoms with Crippen LogP contribution in [0.1, 0.15) is 33.3 Å². The molecule has 1 aromatic carbocycles. The molecule has 35 heavy (non-hydrogen) atoms. The van der Waals surface area contributed by atoms with Gasteiger partial charge in [0.2, 0.25) is 0 Å². The number of carbonyl (C=O) groups excluding carboxylic acids is 1. The highest BCUT2D eigenvalue weighted by atomic mass is 16.8. The first-order valence-corrected chi connectivity index (χ1v) is 11.7. The third-order valence-corrected chi connectivity index (χ3v) is 6.23. The molecule has 0 saturated carbocycles. The van der Waals surface area contributed by atoms with Gasteiger partial charge in [0, 0.05) is 17.8 Å². The lowest BCUT2D eigenvalue weighted by Gasteiger charge is -2.29. The van der Waals surface area contributed by atoms with Gasteiger partial charge in [0.25, 0.3) is 0 Å². The number of ketones is 1. The van der Waals surface area contributed by atoms with Crippen molar-refractivity contribution >= 4 is 5.78 Å². The molecule has 3 heterocycles. The van der Waals surface area contributed by atoms with E-state index in [0.29, 0.717) is 19.0 Å². The van der Waals surface area contributed by atoms with Crippen LogP contribution in [0.5, 0.6) is 0 Å². The van der Waals surface area contributed by atoms with Crippen LogP contribution >= 0.6 is 0 Å². The molecule has 3 fully saturated rings. The Kier molecular flexibility index (Phi) is 6.33. The second kappa shape index (κ2) is 9.16. The highest BCUT2D eigenvalue weighted by Gasteiger charge is 2.60. The molecule has 0 bridgehead atoms. The van der Waals surface area contributed by atoms with E-state index in [1.165, 1.54) is 12.3 Å². The van der Waals surface area contributed by atoms with Crippen LogP contribution in [0.15, 0.2) is 66.1 Å². The molecular formula is C26H31NO8. The van der Waals surface area contributed by atoms with Crippen LogP contribution < -0.4 is 0 Å². The predicted molar refractivity (Wildman–Crippen MR) is 123 cm³/mol. The average molecular weight is 486 g/mol. The number of hydrogen-bond acceptors (Lipinski definition) is 9. The van der Waals surface area contributed by atoms with Gasteiger partial charge in [-0.3, -0.25) is 10.0 Å². The Morgan fingerprint density at radius 2 is 1.77 bits per heavy atom. The van der Waals surface area contributed by atoms with Gasteiger partial charge < -0.3 is 28.4 Å². The zero-order valence-electron chi connectivity index (χ0n) is 20.2. The van der Waals surface area contributed by atoms with Crippen molar-refractivity contribution < 1.29 is 38.4 Å². The standard InChI is InChI=1S/C26H31NO8/c1-25(2)31-15-20(33-25)21-22-23(35-26(3,4)34-22)24(32-21)27(29)13-17-10-11-18(12-19(17)28)30-14-16-8-6-5-7-9-16/h5-13,20-24,29H,14-15H2,1-4H3/t20-,21-,22+,23+,24+/m1/s1. The van der Waals surface area contributed by atoms with Gasteiger partial charge in [-0.2, -0.15) is 0 Å². The lowest BCUT2D eigenvalue weighted by molar-refractivity contribution is -0.255. The summed E-state index contributed by atoms with van der Waals surface area (Å²) in [7, 11) is 0. The first-order chi connectivity index (χ1) is 16.6. The Hall–Kier alpha value is -2.53. The maximum Gasteiger partial charge on any atom is 0.191 e. The van der Waals surface area contributed by atoms with Crippen molar-refractivity contribution in [3.63, 3.8) is 0 Å². The smallest absolute Gasteiger partial charge is 0.191 e. The lowest BCUT2D eigenvalue weighted by Crippen LogP contribution is -2.40. The van der Waals surface area contributed by atoms with Gasteiger partial charge in [0.1, 0.15) is 36.8 Å². The van der Waals surface area contributed by atoms with Crippen molar-refractivity contribution in [2.24, 2.45) is 0 Å². The van der Waals surface area contributed by atoms with Gasteiger partial charge in [0.05, 0.1) is 6.61 Å². The predicted octanol–water partition coefficient (Wildman–Crippen LogP) is 3.20. The number of nitrogens with zero attached hydrogens (tertiary/aromatic N) is 1. The van der Waals surface area contributed by atoms with Crippen molar-refractivity contribution in [3.05, 3.63) is 71.7 Å². The van der Waals surface area contributed by atoms with E-state index in [1.54, 1.807) is 12.2 Å². The molecule has 4 aliphatic rings. The monoisotopic (exact) mass is 485 g/mol. The van der Waals surface area contributed by atoms with Gasteiger partial charge in [-0.25, -0.2) is 5.06 Å². The molecule has 0 spiro atoms. The van der Waals surface area contributed by atoms with Crippen LogP contribution in [0.4, 0.5) is 0 Å². The molecule has 0 aromatic heterocycles. The zero-order chi connectivity index (χ0) is 24.8. The maximum absolute atomic E-state index is 12.7. The Labute approximate surface area is 204 Å². The number of carbonyl (C=O) groups is 1. The minimum absolute atomic E-state index is 0.280. The van der Waals surface area contributed by atoms with Crippen LogP contribution in [0.2, 0.25) is 0 Å². The first kappa shape index (κ1) is 24.2. The number of ether oxygens (including phenoxy) is 6. The lowest BCUT2D eigenvalue weighted by atomic mass is 10.1. The van der Waals surface area contributed by atoms with Crippen molar-refractivity contribution in [2.75, 3.05) is 6.61 Å². The fourth-order valence-corrected chi connectivity index (χ4v) is 4.67. The molecule has 188 valence electrons. The quantitative estimate of drug-likeness (QED) is 0.481. The molecule has 3 saturated heterocycles. The van der Waals surface area contributed by atoms with E-state index in [-0.39, 0.29) is 17.5 Å². The number of hydrogen-bond donors (Lipinski definition) is 1. The van der Waals surface area contributed by atoms with Crippen molar-refractivity contribution in [3.8, 4) is 0 Å². The van der Waals surface area contributed by atoms with Gasteiger partial charge in [-0.05, 0) is 45.4 Å². The Morgan fingerprint density at radius 3 is 2.46 bits per heavy atom. The number of hydroxylamine groups is 2. The minimum atomic E-state index is -0.896. The minimum Gasteiger partial charge on any atom is -0.489 e. The molecule has 5 rings (SSSR count). The fraction of sp³-hybridized carbons (Fsp3) is 0.500. The summed E-state index contributed by atoms with van der Waals surface area (Å²) in [4.78, 5) is 12.7. The highest BCUT2D eigenvalue weighted by molar-refractivity contribution is 6.07. The van der Waals surface area contributed by atoms with Crippen molar-refractivity contribution in [2.45, 2.75) is 76.5 Å². The van der Waals surface area contributed by atoms with Crippen LogP contribution in [-0.2, 0) is 39.8 Å². The third kappa shape index (κ3) is 5.20. The number of allylic oxidation sites excluding steroid dienone is 4. The molecule has 0 radical (unpaired) electrons. The summed E-state index contributed by atoms with van der Waals surface area (Å²) in [6, 6.07) is 9.69. The van der Waals surface area contributed by atoms with Crippen molar-refractivity contribution in [1.82, 2.24) is 5.06 Å². The highest BCUT2D eigenvalue weighted by Crippen LogP contribution is 2.43. The third-order valence-electron chi connectivity index (χ3n) is 6.23. The largest absolute Gasteiger partial charge is 0.489 e. The van der Waals surface area contributed by atoms with Gasteiger partial charge in [-0.15, -0.1) is 0 Å². The molecule has 1 N–H and O–H groups in total. The molecule has 0 amide bonds. The molecule has 9 heteroatoms. The zero-order valence-corrected chi connectivity index (χ0v) is 20.2. The van der Waals surface area contributed by atoms with E-state index >= 15 is 0 Å². The molecular weight excluding hydrogens is 454 g/mol. The molecule has 3 aliphatic heterocycles. The second-order valence-electron chi connectivity index (χ2n) is 9.91. The van der Waals surface area contributed by atoms with Crippen LogP contribution in [-0.4, -0.2) is 64.9 Å². The van der Waals surface area contributed by atoms with Crippen molar-refractivity contribution in [1.29, 1.82) is 0 Å².